The van der Waals surface area contributed by atoms with Crippen LogP contribution in [0, 0.1) is 0 Å². The fourth-order valence-electron chi connectivity index (χ4n) is 1.86. The Hall–Kier alpha value is -1.06. The molecule has 0 bridgehead atoms. The summed E-state index contributed by atoms with van der Waals surface area (Å²) in [7, 11) is 0. The highest BCUT2D eigenvalue weighted by Crippen LogP contribution is 2.23. The Bertz CT molecular complexity index is 311. The van der Waals surface area contributed by atoms with Gasteiger partial charge in [0.15, 0.2) is 0 Å². The zero-order valence-electron chi connectivity index (χ0n) is 11.0. The van der Waals surface area contributed by atoms with Gasteiger partial charge in [-0.25, -0.2) is 0 Å². The summed E-state index contributed by atoms with van der Waals surface area (Å²) in [6, 6.07) is 8.28. The topological polar surface area (TPSA) is 32.7 Å². The molecule has 1 aliphatic heterocycles. The maximum atomic E-state index is 8.95. The first-order valence-corrected chi connectivity index (χ1v) is 6.43. The summed E-state index contributed by atoms with van der Waals surface area (Å²) in [5, 5.41) is 10.9. The van der Waals surface area contributed by atoms with Crippen LogP contribution >= 0.6 is 0 Å². The van der Waals surface area contributed by atoms with Gasteiger partial charge in [0.2, 0.25) is 0 Å². The lowest BCUT2D eigenvalue weighted by Crippen LogP contribution is -2.37. The van der Waals surface area contributed by atoms with Crippen molar-refractivity contribution in [3.05, 3.63) is 29.8 Å². The first kappa shape index (κ1) is 14.0. The molecule has 17 heavy (non-hydrogen) atoms. The van der Waals surface area contributed by atoms with Crippen molar-refractivity contribution in [3.63, 3.8) is 0 Å². The van der Waals surface area contributed by atoms with Crippen LogP contribution in [0.15, 0.2) is 24.3 Å². The van der Waals surface area contributed by atoms with E-state index in [4.69, 9.17) is 9.94 Å². The minimum Gasteiger partial charge on any atom is -0.392 e. The highest BCUT2D eigenvalue weighted by molar-refractivity contribution is 5.46. The van der Waals surface area contributed by atoms with Crippen molar-refractivity contribution in [1.82, 2.24) is 0 Å². The summed E-state index contributed by atoms with van der Waals surface area (Å²) in [5.74, 6) is 0. The van der Waals surface area contributed by atoms with E-state index in [1.807, 2.05) is 43.2 Å². The van der Waals surface area contributed by atoms with Crippen molar-refractivity contribution in [3.8, 4) is 0 Å². The molecule has 1 unspecified atom stereocenters. The van der Waals surface area contributed by atoms with E-state index in [0.717, 1.165) is 24.3 Å². The zero-order valence-corrected chi connectivity index (χ0v) is 11.0. The summed E-state index contributed by atoms with van der Waals surface area (Å²) < 4.78 is 0. The molecule has 0 aromatic heterocycles. The number of aliphatic hydroxyl groups excluding tert-OH is 1. The van der Waals surface area contributed by atoms with Crippen LogP contribution in [0.4, 0.5) is 5.69 Å². The van der Waals surface area contributed by atoms with E-state index in [2.05, 4.69) is 6.92 Å². The van der Waals surface area contributed by atoms with Gasteiger partial charge in [-0.3, -0.25) is 9.90 Å². The van der Waals surface area contributed by atoms with Crippen molar-refractivity contribution in [2.75, 3.05) is 11.7 Å². The van der Waals surface area contributed by atoms with E-state index in [-0.39, 0.29) is 6.61 Å². The minimum absolute atomic E-state index is 0.0939. The van der Waals surface area contributed by atoms with E-state index in [1.54, 1.807) is 0 Å². The quantitative estimate of drug-likeness (QED) is 0.857. The number of nitrogens with zero attached hydrogens (tertiary/aromatic N) is 1. The van der Waals surface area contributed by atoms with Crippen molar-refractivity contribution >= 4 is 5.69 Å². The number of hydroxylamine groups is 1. The molecule has 1 atom stereocenters. The van der Waals surface area contributed by atoms with E-state index in [9.17, 15) is 0 Å². The fourth-order valence-corrected chi connectivity index (χ4v) is 1.86. The second-order valence-corrected chi connectivity index (χ2v) is 3.97. The molecule has 1 aromatic rings. The third-order valence-corrected chi connectivity index (χ3v) is 2.77. The Labute approximate surface area is 104 Å². The number of rotatable bonds is 2. The predicted molar refractivity (Wildman–Crippen MR) is 70.8 cm³/mol. The molecule has 0 aliphatic carbocycles. The molecule has 1 heterocycles. The van der Waals surface area contributed by atoms with Crippen molar-refractivity contribution in [2.24, 2.45) is 0 Å². The number of aliphatic hydroxyl groups is 1. The van der Waals surface area contributed by atoms with Gasteiger partial charge < -0.3 is 5.11 Å². The maximum Gasteiger partial charge on any atom is 0.0749 e. The molecule has 1 N–H and O–H groups in total. The highest BCUT2D eigenvalue weighted by Gasteiger charge is 2.19. The summed E-state index contributed by atoms with van der Waals surface area (Å²) in [6.07, 6.45) is 2.30. The lowest BCUT2D eigenvalue weighted by molar-refractivity contribution is 0.0533. The van der Waals surface area contributed by atoms with Gasteiger partial charge >= 0.3 is 0 Å². The lowest BCUT2D eigenvalue weighted by Gasteiger charge is -2.34. The maximum absolute atomic E-state index is 8.95. The van der Waals surface area contributed by atoms with Crippen LogP contribution in [-0.2, 0) is 11.4 Å². The zero-order chi connectivity index (χ0) is 12.7. The van der Waals surface area contributed by atoms with Crippen molar-refractivity contribution < 1.29 is 9.94 Å². The largest absolute Gasteiger partial charge is 0.392 e. The standard InChI is InChI=1S/C12H17NO2.C2H6/c1-10-3-2-8-15-13(10)12-6-4-11(9-14)5-7-12;1-2/h4-7,10,14H,2-3,8-9H2,1H3;1-2H3. The Kier molecular flexibility index (Phi) is 6.01. The average Bonchev–Trinajstić information content (AvgIpc) is 2.42. The third kappa shape index (κ3) is 3.72. The lowest BCUT2D eigenvalue weighted by atomic mass is 10.1. The van der Waals surface area contributed by atoms with Gasteiger partial charge in [-0.05, 0) is 37.5 Å². The van der Waals surface area contributed by atoms with Gasteiger partial charge in [-0.15, -0.1) is 0 Å². The minimum atomic E-state index is 0.0939. The van der Waals surface area contributed by atoms with Crippen LogP contribution in [0.1, 0.15) is 39.2 Å². The van der Waals surface area contributed by atoms with Crippen LogP contribution in [0.3, 0.4) is 0 Å². The molecule has 0 spiro atoms. The third-order valence-electron chi connectivity index (χ3n) is 2.77. The predicted octanol–water partition coefficient (Wildman–Crippen LogP) is 3.13. The molecule has 1 saturated heterocycles. The van der Waals surface area contributed by atoms with Gasteiger partial charge in [0, 0.05) is 0 Å². The van der Waals surface area contributed by atoms with Gasteiger partial charge in [0.25, 0.3) is 0 Å². The molecule has 3 nitrogen and oxygen atoms in total. The number of hydrogen-bond donors (Lipinski definition) is 1. The molecule has 96 valence electrons. The fraction of sp³-hybridized carbons (Fsp3) is 0.571. The van der Waals surface area contributed by atoms with Crippen molar-refractivity contribution in [1.29, 1.82) is 0 Å². The Morgan fingerprint density at radius 2 is 1.94 bits per heavy atom. The second-order valence-electron chi connectivity index (χ2n) is 3.97. The molecular weight excluding hydrogens is 214 g/mol. The van der Waals surface area contributed by atoms with Gasteiger partial charge in [-0.2, -0.15) is 0 Å². The smallest absolute Gasteiger partial charge is 0.0749 e. The normalized spacial score (nSPS) is 19.5. The summed E-state index contributed by atoms with van der Waals surface area (Å²) in [5.41, 5.74) is 2.00. The molecule has 1 aromatic carbocycles. The summed E-state index contributed by atoms with van der Waals surface area (Å²) in [6.45, 7) is 7.06. The van der Waals surface area contributed by atoms with Gasteiger partial charge in [0.05, 0.1) is 24.9 Å². The summed E-state index contributed by atoms with van der Waals surface area (Å²) in [4.78, 5) is 5.62. The number of benzene rings is 1. The summed E-state index contributed by atoms with van der Waals surface area (Å²) >= 11 is 0. The second kappa shape index (κ2) is 7.30. The Morgan fingerprint density at radius 3 is 2.47 bits per heavy atom. The van der Waals surface area contributed by atoms with E-state index in [1.165, 1.54) is 6.42 Å². The first-order chi connectivity index (χ1) is 8.31. The Balaban J connectivity index is 0.000000686. The van der Waals surface area contributed by atoms with Crippen LogP contribution < -0.4 is 5.06 Å². The van der Waals surface area contributed by atoms with Crippen LogP contribution in [0.2, 0.25) is 0 Å². The van der Waals surface area contributed by atoms with Crippen LogP contribution in [0.25, 0.3) is 0 Å². The SMILES string of the molecule is CC.CC1CCCON1c1ccc(CO)cc1. The highest BCUT2D eigenvalue weighted by atomic mass is 16.7. The molecule has 0 radical (unpaired) electrons. The monoisotopic (exact) mass is 237 g/mol. The molecule has 3 heteroatoms. The Morgan fingerprint density at radius 1 is 1.29 bits per heavy atom. The van der Waals surface area contributed by atoms with Gasteiger partial charge in [-0.1, -0.05) is 26.0 Å². The van der Waals surface area contributed by atoms with Crippen molar-refractivity contribution in [2.45, 2.75) is 46.3 Å². The van der Waals surface area contributed by atoms with Crippen LogP contribution in [-0.4, -0.2) is 17.8 Å². The number of hydrogen-bond acceptors (Lipinski definition) is 3. The van der Waals surface area contributed by atoms with E-state index in [0.29, 0.717) is 6.04 Å². The van der Waals surface area contributed by atoms with Gasteiger partial charge in [0.1, 0.15) is 0 Å². The van der Waals surface area contributed by atoms with E-state index >= 15 is 0 Å². The van der Waals surface area contributed by atoms with Crippen LogP contribution in [0.5, 0.6) is 0 Å². The molecule has 1 aliphatic rings. The first-order valence-electron chi connectivity index (χ1n) is 6.43. The molecule has 0 amide bonds. The molecular formula is C14H23NO2. The van der Waals surface area contributed by atoms with E-state index < -0.39 is 0 Å². The number of anilines is 1. The molecule has 0 saturated carbocycles. The average molecular weight is 237 g/mol. The molecule has 2 rings (SSSR count). The molecule has 1 fully saturated rings.